The predicted molar refractivity (Wildman–Crippen MR) is 137 cm³/mol. The third-order valence-electron chi connectivity index (χ3n) is 5.83. The molecule has 0 aliphatic carbocycles. The fraction of sp³-hybridized carbons (Fsp3) is 0.259. The minimum Gasteiger partial charge on any atom is -0.497 e. The molecule has 0 spiro atoms. The third kappa shape index (κ3) is 5.52. The molecule has 1 atom stereocenters. The molecule has 0 saturated carbocycles. The highest BCUT2D eigenvalue weighted by molar-refractivity contribution is 6.01. The molecule has 1 heterocycles. The van der Waals surface area contributed by atoms with Crippen LogP contribution in [0.15, 0.2) is 72.8 Å². The number of carbonyl (C=O) groups excluding carboxylic acids is 2. The molecular formula is C27H29N5O4. The lowest BCUT2D eigenvalue weighted by atomic mass is 10.0. The fourth-order valence-corrected chi connectivity index (χ4v) is 3.96. The monoisotopic (exact) mass is 487 g/mol. The molecule has 1 aromatic heterocycles. The van der Waals surface area contributed by atoms with Gasteiger partial charge in [0.15, 0.2) is 0 Å². The first-order valence-corrected chi connectivity index (χ1v) is 11.6. The highest BCUT2D eigenvalue weighted by atomic mass is 16.5. The second kappa shape index (κ2) is 11.5. The van der Waals surface area contributed by atoms with E-state index in [1.165, 1.54) is 4.90 Å². The van der Waals surface area contributed by atoms with Crippen LogP contribution in [0.3, 0.4) is 0 Å². The van der Waals surface area contributed by atoms with Crippen LogP contribution in [0.25, 0.3) is 11.0 Å². The van der Waals surface area contributed by atoms with Gasteiger partial charge in [0.05, 0.1) is 19.2 Å². The van der Waals surface area contributed by atoms with Gasteiger partial charge in [0.2, 0.25) is 11.8 Å². The van der Waals surface area contributed by atoms with Crippen molar-refractivity contribution in [3.63, 3.8) is 0 Å². The van der Waals surface area contributed by atoms with Gasteiger partial charge < -0.3 is 14.8 Å². The van der Waals surface area contributed by atoms with Crippen LogP contribution in [-0.4, -0.2) is 54.2 Å². The van der Waals surface area contributed by atoms with Gasteiger partial charge in [-0.3, -0.25) is 14.5 Å². The number of carbonyl (C=O) groups is 2. The van der Waals surface area contributed by atoms with Crippen molar-refractivity contribution in [2.45, 2.75) is 19.5 Å². The first-order chi connectivity index (χ1) is 17.5. The first kappa shape index (κ1) is 24.9. The minimum atomic E-state index is -0.933. The summed E-state index contributed by atoms with van der Waals surface area (Å²) >= 11 is 0. The van der Waals surface area contributed by atoms with Crippen molar-refractivity contribution in [2.24, 2.45) is 0 Å². The van der Waals surface area contributed by atoms with Crippen molar-refractivity contribution in [1.29, 1.82) is 0 Å². The Morgan fingerprint density at radius 1 is 1.00 bits per heavy atom. The van der Waals surface area contributed by atoms with E-state index in [9.17, 15) is 9.59 Å². The topological polar surface area (TPSA) is 98.6 Å². The number of aromatic nitrogens is 3. The zero-order chi connectivity index (χ0) is 25.5. The molecule has 2 amide bonds. The van der Waals surface area contributed by atoms with Gasteiger partial charge >= 0.3 is 0 Å². The van der Waals surface area contributed by atoms with Gasteiger partial charge in [-0.1, -0.05) is 47.2 Å². The summed E-state index contributed by atoms with van der Waals surface area (Å²) in [6.07, 6.45) is 0. The Kier molecular flexibility index (Phi) is 7.92. The van der Waals surface area contributed by atoms with Crippen molar-refractivity contribution < 1.29 is 19.1 Å². The minimum absolute atomic E-state index is 0.0909. The Morgan fingerprint density at radius 2 is 1.72 bits per heavy atom. The summed E-state index contributed by atoms with van der Waals surface area (Å²) in [7, 11) is 3.15. The smallest absolute Gasteiger partial charge is 0.249 e. The lowest BCUT2D eigenvalue weighted by Gasteiger charge is -2.31. The molecule has 186 valence electrons. The lowest BCUT2D eigenvalue weighted by Crippen LogP contribution is -2.46. The summed E-state index contributed by atoms with van der Waals surface area (Å²) in [5, 5.41) is 11.2. The molecule has 4 rings (SSSR count). The molecule has 0 saturated heterocycles. The van der Waals surface area contributed by atoms with E-state index in [-0.39, 0.29) is 18.4 Å². The van der Waals surface area contributed by atoms with E-state index in [2.05, 4.69) is 15.6 Å². The van der Waals surface area contributed by atoms with Crippen molar-refractivity contribution >= 4 is 28.5 Å². The van der Waals surface area contributed by atoms with E-state index < -0.39 is 6.04 Å². The number of amides is 2. The van der Waals surface area contributed by atoms with Crippen LogP contribution in [0.1, 0.15) is 17.2 Å². The average Bonchev–Trinajstić information content (AvgIpc) is 3.30. The van der Waals surface area contributed by atoms with Crippen LogP contribution in [0.5, 0.6) is 5.75 Å². The van der Waals surface area contributed by atoms with Crippen molar-refractivity contribution in [1.82, 2.24) is 20.3 Å². The van der Waals surface area contributed by atoms with Gasteiger partial charge in [-0.05, 0) is 48.9 Å². The molecule has 9 nitrogen and oxygen atoms in total. The molecular weight excluding hydrogens is 458 g/mol. The van der Waals surface area contributed by atoms with Crippen LogP contribution in [0.4, 0.5) is 5.69 Å². The van der Waals surface area contributed by atoms with E-state index in [1.54, 1.807) is 43.2 Å². The highest BCUT2D eigenvalue weighted by Gasteiger charge is 2.33. The summed E-state index contributed by atoms with van der Waals surface area (Å²) in [6.45, 7) is 2.54. The molecule has 0 fully saturated rings. The molecule has 3 aromatic carbocycles. The number of methoxy groups -OCH3 is 2. The van der Waals surface area contributed by atoms with Gasteiger partial charge in [0, 0.05) is 19.3 Å². The van der Waals surface area contributed by atoms with Crippen molar-refractivity contribution in [2.75, 3.05) is 32.3 Å². The van der Waals surface area contributed by atoms with Crippen LogP contribution < -0.4 is 15.0 Å². The van der Waals surface area contributed by atoms with Crippen molar-refractivity contribution in [3.8, 4) is 5.75 Å². The number of para-hydroxylation sites is 1. The Labute approximate surface area is 209 Å². The number of hydrogen-bond donors (Lipinski definition) is 1. The standard InChI is InChI=1S/C27H29N5O4/c1-19-8-12-21(13-9-19)32(25(33)18-31-24-7-5-4-6-23(24)29-30-31)26(27(34)28-16-17-35-2)20-10-14-22(36-3)15-11-20/h4-15,26H,16-18H2,1-3H3,(H,28,34)/t26-/m1/s1. The zero-order valence-electron chi connectivity index (χ0n) is 20.5. The van der Waals surface area contributed by atoms with Gasteiger partial charge in [0.25, 0.3) is 0 Å². The quantitative estimate of drug-likeness (QED) is 0.345. The second-order valence-corrected chi connectivity index (χ2v) is 8.29. The number of rotatable bonds is 10. The molecule has 0 aliphatic heterocycles. The molecule has 0 unspecified atom stereocenters. The molecule has 1 N–H and O–H groups in total. The first-order valence-electron chi connectivity index (χ1n) is 11.6. The summed E-state index contributed by atoms with van der Waals surface area (Å²) in [5.41, 5.74) is 3.70. The number of benzene rings is 3. The summed E-state index contributed by atoms with van der Waals surface area (Å²) < 4.78 is 11.9. The van der Waals surface area contributed by atoms with Gasteiger partial charge in [-0.15, -0.1) is 5.10 Å². The molecule has 36 heavy (non-hydrogen) atoms. The zero-order valence-corrected chi connectivity index (χ0v) is 20.5. The maximum Gasteiger partial charge on any atom is 0.249 e. The van der Waals surface area contributed by atoms with Gasteiger partial charge in [0.1, 0.15) is 23.9 Å². The summed E-state index contributed by atoms with van der Waals surface area (Å²) in [5.74, 6) is 0.0198. The SMILES string of the molecule is COCCNC(=O)[C@@H](c1ccc(OC)cc1)N(C(=O)Cn1nnc2ccccc21)c1ccc(C)cc1. The Hall–Kier alpha value is -4.24. The molecule has 4 aromatic rings. The number of aryl methyl sites for hydroxylation is 1. The number of nitrogens with zero attached hydrogens (tertiary/aromatic N) is 4. The van der Waals surface area contributed by atoms with E-state index >= 15 is 0 Å². The summed E-state index contributed by atoms with van der Waals surface area (Å²) in [6, 6.07) is 21.1. The second-order valence-electron chi connectivity index (χ2n) is 8.29. The Bertz CT molecular complexity index is 1320. The number of ether oxygens (including phenoxy) is 2. The largest absolute Gasteiger partial charge is 0.497 e. The van der Waals surface area contributed by atoms with E-state index in [0.29, 0.717) is 35.7 Å². The maximum atomic E-state index is 13.9. The molecule has 0 radical (unpaired) electrons. The third-order valence-corrected chi connectivity index (χ3v) is 5.83. The van der Waals surface area contributed by atoms with E-state index in [4.69, 9.17) is 9.47 Å². The summed E-state index contributed by atoms with van der Waals surface area (Å²) in [4.78, 5) is 29.0. The van der Waals surface area contributed by atoms with Gasteiger partial charge in [-0.2, -0.15) is 0 Å². The van der Waals surface area contributed by atoms with Gasteiger partial charge in [-0.25, -0.2) is 4.68 Å². The fourth-order valence-electron chi connectivity index (χ4n) is 3.96. The number of nitrogens with one attached hydrogen (secondary N) is 1. The van der Waals surface area contributed by atoms with Crippen LogP contribution >= 0.6 is 0 Å². The number of fused-ring (bicyclic) bond motifs is 1. The normalized spacial score (nSPS) is 11.8. The maximum absolute atomic E-state index is 13.9. The predicted octanol–water partition coefficient (Wildman–Crippen LogP) is 3.29. The highest BCUT2D eigenvalue weighted by Crippen LogP contribution is 2.30. The molecule has 0 bridgehead atoms. The van der Waals surface area contributed by atoms with Crippen LogP contribution in [-0.2, 0) is 20.9 Å². The van der Waals surface area contributed by atoms with Crippen LogP contribution in [0, 0.1) is 6.92 Å². The molecule has 9 heteroatoms. The Morgan fingerprint density at radius 3 is 2.42 bits per heavy atom. The lowest BCUT2D eigenvalue weighted by molar-refractivity contribution is -0.127. The van der Waals surface area contributed by atoms with Crippen molar-refractivity contribution in [3.05, 3.63) is 83.9 Å². The van der Waals surface area contributed by atoms with E-state index in [1.807, 2.05) is 55.5 Å². The van der Waals surface area contributed by atoms with E-state index in [0.717, 1.165) is 11.1 Å². The Balaban J connectivity index is 1.77. The molecule has 0 aliphatic rings. The number of hydrogen-bond acceptors (Lipinski definition) is 6. The number of anilines is 1. The average molecular weight is 488 g/mol. The van der Waals surface area contributed by atoms with Crippen LogP contribution in [0.2, 0.25) is 0 Å².